The molecule has 0 saturated heterocycles. The maximum absolute atomic E-state index is 12.0. The molecule has 8 saturated carbocycles. The molecule has 0 heterocycles. The summed E-state index contributed by atoms with van der Waals surface area (Å²) in [5.74, 6) is -0.158. The third-order valence-corrected chi connectivity index (χ3v) is 21.6. The van der Waals surface area contributed by atoms with E-state index in [0.717, 1.165) is 77.0 Å². The summed E-state index contributed by atoms with van der Waals surface area (Å²) in [6.07, 6.45) is 11.5. The van der Waals surface area contributed by atoms with Gasteiger partial charge in [-0.25, -0.2) is 0 Å². The molecule has 8 rings (SSSR count). The van der Waals surface area contributed by atoms with Gasteiger partial charge in [-0.05, 0) is 195 Å². The summed E-state index contributed by atoms with van der Waals surface area (Å²) < 4.78 is 0. The second-order valence-electron chi connectivity index (χ2n) is 24.4. The Labute approximate surface area is 409 Å². The molecule has 15 heteroatoms. The Morgan fingerprint density at radius 2 is 0.896 bits per heavy atom. The van der Waals surface area contributed by atoms with Crippen molar-refractivity contribution in [3.05, 3.63) is 0 Å². The van der Waals surface area contributed by atoms with E-state index in [9.17, 15) is 60.0 Å². The normalized spacial score (nSPS) is 47.0. The molecule has 385 valence electrons. The van der Waals surface area contributed by atoms with Crippen molar-refractivity contribution in [2.24, 2.45) is 92.7 Å². The minimum Gasteiger partial charge on any atom is -0.548 e. The number of carboxylic acid groups (broad SMARTS) is 2. The van der Waals surface area contributed by atoms with Gasteiger partial charge in [0.1, 0.15) is 0 Å². The SMILES string of the molecule is CC(CCC(=O)NCC(=O)[O-])C1CCC2C3C(O)CC4CC(O)CCC4(C)C3CC(O)C12C.CC(CCC(=O)NCC(=O)[O-])C1CCC2C3C(O)CC4CC(O)CCC4(C)C3CC(O)C12C.[Cu+2]. The predicted molar refractivity (Wildman–Crippen MR) is 241 cm³/mol. The van der Waals surface area contributed by atoms with Gasteiger partial charge >= 0.3 is 17.1 Å². The first-order chi connectivity index (χ1) is 31.0. The first-order valence-corrected chi connectivity index (χ1v) is 26.0. The molecule has 22 unspecified atom stereocenters. The van der Waals surface area contributed by atoms with Gasteiger partial charge in [0.25, 0.3) is 0 Å². The van der Waals surface area contributed by atoms with Crippen molar-refractivity contribution in [3.8, 4) is 0 Å². The van der Waals surface area contributed by atoms with Crippen LogP contribution in [0.1, 0.15) is 157 Å². The standard InChI is InChI=1S/2C26H43NO6.Cu/c2*1-14(4-7-22(31)27-13-23(32)33)17-5-6-18-24-19(12-21(30)26(17,18)3)25(2)9-8-16(28)10-15(25)11-20(24)29;/h2*14-21,24,28-30H,4-13H2,1-3H3,(H,27,31)(H,32,33);/q;;+2/p-2. The van der Waals surface area contributed by atoms with Crippen LogP contribution >= 0.6 is 0 Å². The van der Waals surface area contributed by atoms with E-state index >= 15 is 0 Å². The maximum Gasteiger partial charge on any atom is 2.00 e. The van der Waals surface area contributed by atoms with Crippen LogP contribution in [0.2, 0.25) is 0 Å². The van der Waals surface area contributed by atoms with Crippen LogP contribution in [-0.2, 0) is 36.2 Å². The summed E-state index contributed by atoms with van der Waals surface area (Å²) in [4.78, 5) is 45.2. The molecular weight excluding hydrogens is 908 g/mol. The Hall–Kier alpha value is -1.84. The van der Waals surface area contributed by atoms with Crippen molar-refractivity contribution >= 4 is 23.8 Å². The first-order valence-electron chi connectivity index (χ1n) is 26.0. The molecule has 0 aliphatic heterocycles. The summed E-state index contributed by atoms with van der Waals surface area (Å²) >= 11 is 0. The van der Waals surface area contributed by atoms with E-state index in [1.807, 2.05) is 0 Å². The molecule has 8 aliphatic rings. The van der Waals surface area contributed by atoms with E-state index < -0.39 is 37.2 Å². The minimum atomic E-state index is -1.29. The second-order valence-corrected chi connectivity index (χ2v) is 24.4. The van der Waals surface area contributed by atoms with Gasteiger partial charge in [0.05, 0.1) is 61.7 Å². The maximum atomic E-state index is 12.0. The van der Waals surface area contributed by atoms with E-state index in [1.165, 1.54) is 0 Å². The Kier molecular flexibility index (Phi) is 17.2. The molecule has 0 aromatic heterocycles. The number of nitrogens with one attached hydrogen (secondary N) is 2. The average Bonchev–Trinajstić information content (AvgIpc) is 3.81. The smallest absolute Gasteiger partial charge is 0.548 e. The van der Waals surface area contributed by atoms with Crippen molar-refractivity contribution in [1.29, 1.82) is 0 Å². The average molecular weight is 993 g/mol. The van der Waals surface area contributed by atoms with Gasteiger partial charge in [-0.3, -0.25) is 9.59 Å². The summed E-state index contributed by atoms with van der Waals surface area (Å²) in [5.41, 5.74) is -0.459. The summed E-state index contributed by atoms with van der Waals surface area (Å²) in [6.45, 7) is 12.4. The van der Waals surface area contributed by atoms with Crippen LogP contribution in [0.3, 0.4) is 0 Å². The van der Waals surface area contributed by atoms with Gasteiger partial charge in [0.2, 0.25) is 11.8 Å². The zero-order valence-corrected chi connectivity index (χ0v) is 41.9. The molecule has 0 spiro atoms. The van der Waals surface area contributed by atoms with Crippen LogP contribution in [-0.4, -0.2) is 104 Å². The molecular formula is C52H84CuN2O12. The number of carboxylic acids is 2. The Balaban J connectivity index is 0.000000218. The van der Waals surface area contributed by atoms with Gasteiger partial charge in [-0.1, -0.05) is 41.5 Å². The zero-order chi connectivity index (χ0) is 48.3. The number of hydrogen-bond acceptors (Lipinski definition) is 12. The van der Waals surface area contributed by atoms with E-state index in [0.29, 0.717) is 37.5 Å². The monoisotopic (exact) mass is 992 g/mol. The van der Waals surface area contributed by atoms with Crippen molar-refractivity contribution in [2.75, 3.05) is 13.1 Å². The van der Waals surface area contributed by atoms with Crippen LogP contribution in [0, 0.1) is 92.7 Å². The van der Waals surface area contributed by atoms with Crippen molar-refractivity contribution in [3.63, 3.8) is 0 Å². The van der Waals surface area contributed by atoms with Crippen LogP contribution in [0.25, 0.3) is 0 Å². The topological polar surface area (TPSA) is 260 Å². The molecule has 67 heavy (non-hydrogen) atoms. The number of carbonyl (C=O) groups is 4. The zero-order valence-electron chi connectivity index (χ0n) is 41.0. The second kappa shape index (κ2) is 21.1. The molecule has 1 radical (unpaired) electrons. The van der Waals surface area contributed by atoms with Crippen molar-refractivity contribution in [1.82, 2.24) is 10.6 Å². The largest absolute Gasteiger partial charge is 2.00 e. The molecule has 0 aromatic rings. The first kappa shape index (κ1) is 54.5. The number of carbonyl (C=O) groups excluding carboxylic acids is 4. The number of amides is 2. The van der Waals surface area contributed by atoms with Gasteiger partial charge in [-0.15, -0.1) is 0 Å². The van der Waals surface area contributed by atoms with E-state index in [-0.39, 0.29) is 147 Å². The molecule has 2 amide bonds. The van der Waals surface area contributed by atoms with Crippen LogP contribution < -0.4 is 20.8 Å². The number of rotatable bonds is 12. The molecule has 8 N–H and O–H groups in total. The van der Waals surface area contributed by atoms with Crippen LogP contribution in [0.4, 0.5) is 0 Å². The Morgan fingerprint density at radius 3 is 1.24 bits per heavy atom. The molecule has 8 aliphatic carbocycles. The number of aliphatic hydroxyl groups is 6. The minimum absolute atomic E-state index is 0. The molecule has 14 nitrogen and oxygen atoms in total. The van der Waals surface area contributed by atoms with E-state index in [1.54, 1.807) is 0 Å². The van der Waals surface area contributed by atoms with Gasteiger partial charge in [0.15, 0.2) is 0 Å². The summed E-state index contributed by atoms with van der Waals surface area (Å²) in [6, 6.07) is 0. The molecule has 22 atom stereocenters. The van der Waals surface area contributed by atoms with Crippen LogP contribution in [0.5, 0.6) is 0 Å². The number of aliphatic hydroxyl groups excluding tert-OH is 6. The Morgan fingerprint density at radius 1 is 0.537 bits per heavy atom. The molecule has 8 fully saturated rings. The number of fused-ring (bicyclic) bond motifs is 10. The fourth-order valence-corrected chi connectivity index (χ4v) is 17.9. The third kappa shape index (κ3) is 10.2. The molecule has 0 aromatic carbocycles. The quantitative estimate of drug-likeness (QED) is 0.131. The fraction of sp³-hybridized carbons (Fsp3) is 0.923. The van der Waals surface area contributed by atoms with Crippen LogP contribution in [0.15, 0.2) is 0 Å². The summed E-state index contributed by atoms with van der Waals surface area (Å²) in [7, 11) is 0. The van der Waals surface area contributed by atoms with E-state index in [2.05, 4.69) is 52.2 Å². The third-order valence-electron chi connectivity index (χ3n) is 21.6. The van der Waals surface area contributed by atoms with Gasteiger partial charge in [-0.2, -0.15) is 0 Å². The van der Waals surface area contributed by atoms with Gasteiger partial charge in [0, 0.05) is 12.8 Å². The van der Waals surface area contributed by atoms with Crippen molar-refractivity contribution < 1.29 is 77.1 Å². The van der Waals surface area contributed by atoms with Crippen molar-refractivity contribution in [2.45, 2.75) is 194 Å². The predicted octanol–water partition coefficient (Wildman–Crippen LogP) is 2.46. The molecule has 0 bridgehead atoms. The van der Waals surface area contributed by atoms with E-state index in [4.69, 9.17) is 0 Å². The number of aliphatic carboxylic acids is 2. The summed E-state index contributed by atoms with van der Waals surface area (Å²) in [5, 5.41) is 92.2. The Bertz CT molecular complexity index is 1650. The fourth-order valence-electron chi connectivity index (χ4n) is 17.9. The van der Waals surface area contributed by atoms with Gasteiger partial charge < -0.3 is 61.1 Å². The number of hydrogen-bond donors (Lipinski definition) is 8.